The topological polar surface area (TPSA) is 76.3 Å². The van der Waals surface area contributed by atoms with Gasteiger partial charge in [-0.05, 0) is 41.8 Å². The smallest absolute Gasteiger partial charge is 0.297 e. The fourth-order valence-electron chi connectivity index (χ4n) is 3.91. The van der Waals surface area contributed by atoms with Crippen LogP contribution in [0.25, 0.3) is 11.0 Å². The highest BCUT2D eigenvalue weighted by Crippen LogP contribution is 2.42. The number of rotatable bonds is 4. The molecule has 3 heterocycles. The largest absolute Gasteiger partial charge is 0.450 e. The number of halogens is 2. The van der Waals surface area contributed by atoms with E-state index in [1.807, 2.05) is 24.3 Å². The molecule has 1 unspecified atom stereocenters. The van der Waals surface area contributed by atoms with E-state index in [0.717, 1.165) is 21.5 Å². The molecule has 0 saturated carbocycles. The number of fused-ring (bicyclic) bond motifs is 2. The van der Waals surface area contributed by atoms with Crippen LogP contribution < -0.4 is 10.3 Å². The van der Waals surface area contributed by atoms with Gasteiger partial charge in [-0.25, -0.2) is 0 Å². The summed E-state index contributed by atoms with van der Waals surface area (Å²) < 4.78 is 6.79. The van der Waals surface area contributed by atoms with Crippen LogP contribution in [-0.4, -0.2) is 16.1 Å². The zero-order chi connectivity index (χ0) is 22.6. The minimum absolute atomic E-state index is 0.0235. The molecule has 162 valence electrons. The highest BCUT2D eigenvalue weighted by atomic mass is 79.9. The van der Waals surface area contributed by atoms with Crippen molar-refractivity contribution < 1.29 is 9.21 Å². The van der Waals surface area contributed by atoms with Crippen LogP contribution >= 0.6 is 38.9 Å². The Balaban J connectivity index is 1.75. The highest BCUT2D eigenvalue weighted by Gasteiger charge is 2.45. The summed E-state index contributed by atoms with van der Waals surface area (Å²) in [5.74, 6) is 0.0167. The molecule has 0 fully saturated rings. The van der Waals surface area contributed by atoms with Gasteiger partial charge in [0.25, 0.3) is 5.91 Å². The van der Waals surface area contributed by atoms with Crippen LogP contribution in [0, 0.1) is 5.92 Å². The van der Waals surface area contributed by atoms with Crippen molar-refractivity contribution in [2.75, 3.05) is 4.90 Å². The maximum atomic E-state index is 13.6. The lowest BCUT2D eigenvalue weighted by atomic mass is 9.99. The van der Waals surface area contributed by atoms with Gasteiger partial charge >= 0.3 is 0 Å². The number of amides is 1. The lowest BCUT2D eigenvalue weighted by Gasteiger charge is -2.22. The van der Waals surface area contributed by atoms with Crippen molar-refractivity contribution in [1.82, 2.24) is 10.2 Å². The summed E-state index contributed by atoms with van der Waals surface area (Å²) in [7, 11) is 0. The number of hydrogen-bond acceptors (Lipinski definition) is 6. The van der Waals surface area contributed by atoms with Crippen molar-refractivity contribution in [3.8, 4) is 0 Å². The summed E-state index contributed by atoms with van der Waals surface area (Å²) in [6.45, 7) is 4.20. The average molecular weight is 531 g/mol. The average Bonchev–Trinajstić information content (AvgIpc) is 3.30. The molecule has 4 aromatic rings. The second kappa shape index (κ2) is 8.10. The first kappa shape index (κ1) is 21.3. The maximum absolute atomic E-state index is 13.6. The minimum atomic E-state index is -0.686. The Kier molecular flexibility index (Phi) is 5.39. The fourth-order valence-corrected chi connectivity index (χ4v) is 5.57. The number of anilines is 1. The molecule has 0 spiro atoms. The van der Waals surface area contributed by atoms with Crippen molar-refractivity contribution in [3.05, 3.63) is 84.1 Å². The summed E-state index contributed by atoms with van der Waals surface area (Å²) in [6, 6.07) is 11.6. The highest BCUT2D eigenvalue weighted by molar-refractivity contribution is 9.10. The van der Waals surface area contributed by atoms with Crippen molar-refractivity contribution in [1.29, 1.82) is 0 Å². The van der Waals surface area contributed by atoms with Crippen LogP contribution in [0.3, 0.4) is 0 Å². The van der Waals surface area contributed by atoms with Gasteiger partial charge in [-0.2, -0.15) is 0 Å². The van der Waals surface area contributed by atoms with Crippen LogP contribution in [0.15, 0.2) is 56.1 Å². The van der Waals surface area contributed by atoms with Crippen molar-refractivity contribution in [3.63, 3.8) is 0 Å². The SMILES string of the molecule is CC(C)Cc1nnc(N2C(=O)c3oc4ccc(Cl)cc4c(=O)c3C2c2cccc(Br)c2)s1. The first-order valence-corrected chi connectivity index (χ1v) is 12.0. The number of aromatic nitrogens is 2. The molecular weight excluding hydrogens is 514 g/mol. The number of carbonyl (C=O) groups is 1. The van der Waals surface area contributed by atoms with E-state index in [-0.39, 0.29) is 16.8 Å². The third-order valence-corrected chi connectivity index (χ3v) is 6.91. The van der Waals surface area contributed by atoms with Crippen molar-refractivity contribution >= 4 is 60.9 Å². The zero-order valence-corrected chi connectivity index (χ0v) is 20.3. The van der Waals surface area contributed by atoms with Gasteiger partial charge in [-0.1, -0.05) is 64.8 Å². The summed E-state index contributed by atoms with van der Waals surface area (Å²) >= 11 is 11.0. The molecule has 5 rings (SSSR count). The van der Waals surface area contributed by atoms with Gasteiger partial charge in [-0.15, -0.1) is 10.2 Å². The Morgan fingerprint density at radius 2 is 2.00 bits per heavy atom. The van der Waals surface area contributed by atoms with Crippen LogP contribution in [0.5, 0.6) is 0 Å². The molecule has 1 atom stereocenters. The van der Waals surface area contributed by atoms with Crippen LogP contribution in [0.4, 0.5) is 5.13 Å². The van der Waals surface area contributed by atoms with E-state index in [2.05, 4.69) is 40.0 Å². The van der Waals surface area contributed by atoms with E-state index >= 15 is 0 Å². The normalized spacial score (nSPS) is 15.7. The third kappa shape index (κ3) is 3.56. The van der Waals surface area contributed by atoms with Gasteiger partial charge in [0.15, 0.2) is 5.43 Å². The Labute approximate surface area is 201 Å². The molecule has 0 N–H and O–H groups in total. The Morgan fingerprint density at radius 3 is 2.75 bits per heavy atom. The lowest BCUT2D eigenvalue weighted by molar-refractivity contribution is 0.0970. The predicted molar refractivity (Wildman–Crippen MR) is 129 cm³/mol. The van der Waals surface area contributed by atoms with E-state index in [1.54, 1.807) is 18.2 Å². The molecule has 6 nitrogen and oxygen atoms in total. The molecule has 2 aromatic carbocycles. The second-order valence-electron chi connectivity index (χ2n) is 8.02. The molecular formula is C23H17BrClN3O3S. The first-order valence-electron chi connectivity index (χ1n) is 10.0. The first-order chi connectivity index (χ1) is 15.3. The predicted octanol–water partition coefficient (Wildman–Crippen LogP) is 6.01. The Hall–Kier alpha value is -2.55. The van der Waals surface area contributed by atoms with Gasteiger partial charge < -0.3 is 4.42 Å². The van der Waals surface area contributed by atoms with E-state index in [4.69, 9.17) is 16.0 Å². The molecule has 0 bridgehead atoms. The van der Waals surface area contributed by atoms with Crippen molar-refractivity contribution in [2.45, 2.75) is 26.3 Å². The van der Waals surface area contributed by atoms with Gasteiger partial charge in [-0.3, -0.25) is 14.5 Å². The molecule has 32 heavy (non-hydrogen) atoms. The molecule has 0 aliphatic carbocycles. The quantitative estimate of drug-likeness (QED) is 0.323. The van der Waals surface area contributed by atoms with Crippen LogP contribution in [-0.2, 0) is 6.42 Å². The Morgan fingerprint density at radius 1 is 1.19 bits per heavy atom. The molecule has 1 aliphatic heterocycles. The monoisotopic (exact) mass is 529 g/mol. The number of nitrogens with zero attached hydrogens (tertiary/aromatic N) is 3. The maximum Gasteiger partial charge on any atom is 0.297 e. The molecule has 2 aromatic heterocycles. The Bertz CT molecular complexity index is 1430. The summed E-state index contributed by atoms with van der Waals surface area (Å²) in [5.41, 5.74) is 1.08. The third-order valence-electron chi connectivity index (χ3n) is 5.24. The van der Waals surface area contributed by atoms with Crippen LogP contribution in [0.1, 0.15) is 46.6 Å². The summed E-state index contributed by atoms with van der Waals surface area (Å²) in [4.78, 5) is 28.6. The molecule has 0 radical (unpaired) electrons. The second-order valence-corrected chi connectivity index (χ2v) is 10.4. The lowest BCUT2D eigenvalue weighted by Crippen LogP contribution is -2.29. The number of hydrogen-bond donors (Lipinski definition) is 0. The summed E-state index contributed by atoms with van der Waals surface area (Å²) in [5, 5.41) is 10.6. The fraction of sp³-hybridized carbons (Fsp3) is 0.217. The van der Waals surface area contributed by atoms with Crippen molar-refractivity contribution in [2.24, 2.45) is 5.92 Å². The number of benzene rings is 2. The standard InChI is InChI=1S/C23H17BrClN3O3S/c1-11(2)8-17-26-27-23(32-17)28-19(12-4-3-5-13(24)9-12)18-20(29)15-10-14(25)6-7-16(15)31-21(18)22(28)30/h3-7,9-11,19H,8H2,1-2H3. The van der Waals surface area contributed by atoms with E-state index in [1.165, 1.54) is 16.2 Å². The van der Waals surface area contributed by atoms with E-state index in [0.29, 0.717) is 27.0 Å². The van der Waals surface area contributed by atoms with Gasteiger partial charge in [0.1, 0.15) is 10.6 Å². The molecule has 0 saturated heterocycles. The van der Waals surface area contributed by atoms with Gasteiger partial charge in [0.05, 0.1) is 17.0 Å². The van der Waals surface area contributed by atoms with Gasteiger partial charge in [0.2, 0.25) is 10.9 Å². The molecule has 9 heteroatoms. The molecule has 1 amide bonds. The molecule has 1 aliphatic rings. The minimum Gasteiger partial charge on any atom is -0.450 e. The zero-order valence-electron chi connectivity index (χ0n) is 17.1. The van der Waals surface area contributed by atoms with Crippen LogP contribution in [0.2, 0.25) is 5.02 Å². The van der Waals surface area contributed by atoms with Gasteiger partial charge in [0, 0.05) is 15.9 Å². The number of carbonyl (C=O) groups excluding carboxylic acids is 1. The van der Waals surface area contributed by atoms with E-state index in [9.17, 15) is 9.59 Å². The van der Waals surface area contributed by atoms with E-state index < -0.39 is 11.9 Å². The summed E-state index contributed by atoms with van der Waals surface area (Å²) in [6.07, 6.45) is 0.758.